The largest absolute Gasteiger partial charge is 0.534 e. The maximum absolute atomic E-state index is 11.9. The smallest absolute Gasteiger partial charge is 0.466 e. The maximum atomic E-state index is 11.9. The molecule has 0 aromatic heterocycles. The minimum absolute atomic E-state index is 0.00694. The first-order chi connectivity index (χ1) is 10.6. The van der Waals surface area contributed by atoms with Crippen molar-refractivity contribution in [3.05, 3.63) is 29.8 Å². The summed E-state index contributed by atoms with van der Waals surface area (Å²) in [7, 11) is -5.57. The lowest BCUT2D eigenvalue weighted by atomic mass is 10.2. The van der Waals surface area contributed by atoms with Crippen molar-refractivity contribution in [1.29, 1.82) is 0 Å². The van der Waals surface area contributed by atoms with E-state index in [1.165, 1.54) is 12.1 Å². The van der Waals surface area contributed by atoms with Crippen LogP contribution in [-0.2, 0) is 19.6 Å². The number of aryl methyl sites for hydroxylation is 1. The molecule has 1 aliphatic rings. The van der Waals surface area contributed by atoms with E-state index in [9.17, 15) is 26.4 Å². The van der Waals surface area contributed by atoms with Gasteiger partial charge >= 0.3 is 21.6 Å². The number of esters is 1. The van der Waals surface area contributed by atoms with Crippen LogP contribution in [0.3, 0.4) is 0 Å². The van der Waals surface area contributed by atoms with Gasteiger partial charge in [0.05, 0.1) is 12.5 Å². The fourth-order valence-corrected chi connectivity index (χ4v) is 1.87. The number of halogens is 3. The molecule has 130 valence electrons. The molecular weight excluding hydrogens is 337 g/mol. The Labute approximate surface area is 132 Å². The first-order valence-electron chi connectivity index (χ1n) is 6.81. The Morgan fingerprint density at radius 3 is 2.35 bits per heavy atom. The number of alkyl halides is 3. The third kappa shape index (κ3) is 6.47. The van der Waals surface area contributed by atoms with Crippen molar-refractivity contribution in [1.82, 2.24) is 0 Å². The quantitative estimate of drug-likeness (QED) is 0.472. The van der Waals surface area contributed by atoms with Gasteiger partial charge < -0.3 is 8.92 Å². The monoisotopic (exact) mass is 354 g/mol. The number of benzene rings is 1. The van der Waals surface area contributed by atoms with Gasteiger partial charge in [0.25, 0.3) is 0 Å². The first kappa shape index (κ1) is 19.3. The van der Waals surface area contributed by atoms with Crippen molar-refractivity contribution in [3.8, 4) is 5.75 Å². The highest BCUT2D eigenvalue weighted by Gasteiger charge is 2.48. The lowest BCUT2D eigenvalue weighted by molar-refractivity contribution is -0.144. The Balaban J connectivity index is 0.000000277. The van der Waals surface area contributed by atoms with E-state index < -0.39 is 15.6 Å². The van der Waals surface area contributed by atoms with E-state index in [0.717, 1.165) is 18.9 Å². The predicted molar refractivity (Wildman–Crippen MR) is 76.1 cm³/mol. The van der Waals surface area contributed by atoms with Crippen LogP contribution in [0.4, 0.5) is 13.2 Å². The molecule has 0 atom stereocenters. The number of hydrogen-bond donors (Lipinski definition) is 0. The molecule has 2 rings (SSSR count). The molecule has 1 fully saturated rings. The van der Waals surface area contributed by atoms with Crippen molar-refractivity contribution in [2.24, 2.45) is 5.92 Å². The molecule has 1 aromatic rings. The highest BCUT2D eigenvalue weighted by atomic mass is 32.2. The zero-order chi connectivity index (χ0) is 17.7. The zero-order valence-corrected chi connectivity index (χ0v) is 13.4. The molecular formula is C14H17F3O5S. The molecule has 0 bridgehead atoms. The summed E-state index contributed by atoms with van der Waals surface area (Å²) < 4.78 is 65.5. The predicted octanol–water partition coefficient (Wildman–Crippen LogP) is 3.18. The second-order valence-corrected chi connectivity index (χ2v) is 6.36. The molecule has 0 radical (unpaired) electrons. The molecule has 0 N–H and O–H groups in total. The van der Waals surface area contributed by atoms with Crippen LogP contribution in [0, 0.1) is 12.8 Å². The topological polar surface area (TPSA) is 69.7 Å². The molecule has 0 spiro atoms. The third-order valence-corrected chi connectivity index (χ3v) is 3.66. The van der Waals surface area contributed by atoms with Crippen molar-refractivity contribution in [2.75, 3.05) is 6.61 Å². The van der Waals surface area contributed by atoms with E-state index >= 15 is 0 Å². The molecule has 0 heterocycles. The summed E-state index contributed by atoms with van der Waals surface area (Å²) in [5.74, 6) is -0.102. The summed E-state index contributed by atoms with van der Waals surface area (Å²) >= 11 is 0. The lowest BCUT2D eigenvalue weighted by Gasteiger charge is -2.09. The molecule has 1 saturated carbocycles. The number of ether oxygens (including phenoxy) is 1. The summed E-state index contributed by atoms with van der Waals surface area (Å²) in [6, 6.07) is 5.34. The highest BCUT2D eigenvalue weighted by Crippen LogP contribution is 2.29. The van der Waals surface area contributed by atoms with E-state index in [0.29, 0.717) is 12.2 Å². The number of carbonyl (C=O) groups excluding carboxylic acids is 1. The van der Waals surface area contributed by atoms with Gasteiger partial charge in [-0.3, -0.25) is 4.79 Å². The Morgan fingerprint density at radius 1 is 1.30 bits per heavy atom. The molecule has 1 aromatic carbocycles. The normalized spacial score (nSPS) is 14.5. The summed E-state index contributed by atoms with van der Waals surface area (Å²) in [6.07, 6.45) is 2.08. The third-order valence-electron chi connectivity index (χ3n) is 2.68. The SMILES string of the molecule is CCOC(=O)C1CC1.Cc1cccc(OS(=O)(=O)C(F)(F)F)c1. The van der Waals surface area contributed by atoms with Crippen LogP contribution < -0.4 is 4.18 Å². The number of carbonyl (C=O) groups is 1. The Hall–Kier alpha value is -1.77. The number of hydrogen-bond acceptors (Lipinski definition) is 5. The van der Waals surface area contributed by atoms with Crippen LogP contribution in [0.2, 0.25) is 0 Å². The van der Waals surface area contributed by atoms with Crippen LogP contribution in [0.1, 0.15) is 25.3 Å². The van der Waals surface area contributed by atoms with Gasteiger partial charge in [-0.2, -0.15) is 21.6 Å². The minimum atomic E-state index is -5.57. The summed E-state index contributed by atoms with van der Waals surface area (Å²) in [4.78, 5) is 10.6. The highest BCUT2D eigenvalue weighted by molar-refractivity contribution is 7.88. The lowest BCUT2D eigenvalue weighted by Crippen LogP contribution is -2.28. The van der Waals surface area contributed by atoms with Crippen LogP contribution in [-0.4, -0.2) is 26.5 Å². The molecule has 5 nitrogen and oxygen atoms in total. The van der Waals surface area contributed by atoms with E-state index in [1.807, 2.05) is 6.92 Å². The fourth-order valence-electron chi connectivity index (χ4n) is 1.42. The van der Waals surface area contributed by atoms with Crippen molar-refractivity contribution < 1.29 is 35.3 Å². The van der Waals surface area contributed by atoms with Gasteiger partial charge in [0.2, 0.25) is 0 Å². The molecule has 9 heteroatoms. The van der Waals surface area contributed by atoms with Gasteiger partial charge in [-0.05, 0) is 44.4 Å². The maximum Gasteiger partial charge on any atom is 0.534 e. The van der Waals surface area contributed by atoms with Gasteiger partial charge in [-0.1, -0.05) is 12.1 Å². The summed E-state index contributed by atoms with van der Waals surface area (Å²) in [5, 5.41) is 0. The standard InChI is InChI=1S/C8H7F3O3S.C6H10O2/c1-6-3-2-4-7(5-6)14-15(12,13)8(9,10)11;1-2-8-6(7)5-3-4-5/h2-5H,1H3;5H,2-4H2,1H3. The van der Waals surface area contributed by atoms with Crippen LogP contribution >= 0.6 is 0 Å². The van der Waals surface area contributed by atoms with E-state index in [4.69, 9.17) is 4.74 Å². The van der Waals surface area contributed by atoms with Crippen molar-refractivity contribution in [2.45, 2.75) is 32.2 Å². The van der Waals surface area contributed by atoms with Gasteiger partial charge in [0.1, 0.15) is 5.75 Å². The Bertz CT molecular complexity index is 636. The summed E-state index contributed by atoms with van der Waals surface area (Å²) in [6.45, 7) is 3.96. The Morgan fingerprint density at radius 2 is 1.91 bits per heavy atom. The minimum Gasteiger partial charge on any atom is -0.466 e. The van der Waals surface area contributed by atoms with Crippen LogP contribution in [0.25, 0.3) is 0 Å². The zero-order valence-electron chi connectivity index (χ0n) is 12.6. The Kier molecular flexibility index (Phi) is 6.43. The summed E-state index contributed by atoms with van der Waals surface area (Å²) in [5.41, 5.74) is -4.80. The van der Waals surface area contributed by atoms with E-state index in [-0.39, 0.29) is 17.6 Å². The van der Waals surface area contributed by atoms with Crippen LogP contribution in [0.5, 0.6) is 5.75 Å². The van der Waals surface area contributed by atoms with Crippen LogP contribution in [0.15, 0.2) is 24.3 Å². The average Bonchev–Trinajstić information content (AvgIpc) is 3.22. The molecule has 0 unspecified atom stereocenters. The second kappa shape index (κ2) is 7.67. The average molecular weight is 354 g/mol. The van der Waals surface area contributed by atoms with Crippen molar-refractivity contribution in [3.63, 3.8) is 0 Å². The molecule has 0 saturated heterocycles. The van der Waals surface area contributed by atoms with Gasteiger partial charge in [-0.15, -0.1) is 0 Å². The second-order valence-electron chi connectivity index (χ2n) is 4.83. The van der Waals surface area contributed by atoms with E-state index in [2.05, 4.69) is 4.18 Å². The molecule has 0 amide bonds. The van der Waals surface area contributed by atoms with Crippen molar-refractivity contribution >= 4 is 16.1 Å². The molecule has 1 aliphatic carbocycles. The van der Waals surface area contributed by atoms with Gasteiger partial charge in [0, 0.05) is 0 Å². The van der Waals surface area contributed by atoms with Gasteiger partial charge in [0.15, 0.2) is 0 Å². The van der Waals surface area contributed by atoms with Gasteiger partial charge in [-0.25, -0.2) is 0 Å². The fraction of sp³-hybridized carbons (Fsp3) is 0.500. The number of rotatable bonds is 4. The molecule has 23 heavy (non-hydrogen) atoms. The first-order valence-corrected chi connectivity index (χ1v) is 8.21. The van der Waals surface area contributed by atoms with E-state index in [1.54, 1.807) is 13.0 Å². The molecule has 0 aliphatic heterocycles.